The van der Waals surface area contributed by atoms with Crippen LogP contribution in [-0.4, -0.2) is 53.3 Å². The summed E-state index contributed by atoms with van der Waals surface area (Å²) in [7, 11) is 1.60. The van der Waals surface area contributed by atoms with Gasteiger partial charge in [-0.2, -0.15) is 4.90 Å². The van der Waals surface area contributed by atoms with E-state index in [0.717, 1.165) is 27.3 Å². The lowest BCUT2D eigenvalue weighted by Gasteiger charge is -2.36. The summed E-state index contributed by atoms with van der Waals surface area (Å²) in [5, 5.41) is 5.60. The molecule has 0 aliphatic carbocycles. The lowest BCUT2D eigenvalue weighted by Crippen LogP contribution is -2.65. The van der Waals surface area contributed by atoms with Crippen LogP contribution in [0, 0.1) is 19.8 Å². The van der Waals surface area contributed by atoms with Crippen LogP contribution in [0.25, 0.3) is 0 Å². The van der Waals surface area contributed by atoms with Crippen molar-refractivity contribution in [2.45, 2.75) is 85.6 Å². The molecule has 1 aromatic carbocycles. The Bertz CT molecular complexity index is 1280. The fourth-order valence-corrected chi connectivity index (χ4v) is 4.35. The zero-order valence-electron chi connectivity index (χ0n) is 25.2. The fourth-order valence-electron chi connectivity index (χ4n) is 4.35. The molecule has 0 saturated carbocycles. The molecule has 222 valence electrons. The van der Waals surface area contributed by atoms with Crippen LogP contribution < -0.4 is 20.3 Å². The van der Waals surface area contributed by atoms with Crippen LogP contribution in [-0.2, 0) is 32.0 Å². The summed E-state index contributed by atoms with van der Waals surface area (Å²) in [4.78, 5) is 56.4. The van der Waals surface area contributed by atoms with Gasteiger partial charge in [0.15, 0.2) is 0 Å². The topological polar surface area (TPSA) is 136 Å². The van der Waals surface area contributed by atoms with Gasteiger partial charge < -0.3 is 24.8 Å². The molecule has 2 atom stereocenters. The van der Waals surface area contributed by atoms with Crippen molar-refractivity contribution >= 4 is 29.8 Å². The van der Waals surface area contributed by atoms with Crippen molar-refractivity contribution < 1.29 is 33.4 Å². The zero-order valence-corrected chi connectivity index (χ0v) is 25.2. The van der Waals surface area contributed by atoms with Crippen LogP contribution in [0.1, 0.15) is 63.8 Å². The highest BCUT2D eigenvalue weighted by atomic mass is 16.6. The Morgan fingerprint density at radius 2 is 1.54 bits per heavy atom. The standard InChI is InChI=1S/C30H40N4O7/c1-17-12-20(39-9)13-18(2)22(17)16-32-26(36)24-21(25(35)33-24)14-19-10-11-31-23(15-19)34(27(37)40-29(3,4)5)28(38)41-30(6,7)8/h10-13,15,21,24H,14,16H2,1-9H3,(H,32,36)(H,33,35)/t21-,24+/m1/s1. The van der Waals surface area contributed by atoms with Crippen molar-refractivity contribution in [2.75, 3.05) is 12.0 Å². The first-order chi connectivity index (χ1) is 19.0. The Labute approximate surface area is 240 Å². The average Bonchev–Trinajstić information content (AvgIpc) is 2.83. The minimum absolute atomic E-state index is 0.0165. The molecule has 0 radical (unpaired) electrons. The molecule has 3 rings (SSSR count). The number of aryl methyl sites for hydroxylation is 2. The van der Waals surface area contributed by atoms with E-state index in [4.69, 9.17) is 14.2 Å². The van der Waals surface area contributed by atoms with Gasteiger partial charge >= 0.3 is 12.2 Å². The van der Waals surface area contributed by atoms with E-state index >= 15 is 0 Å². The molecule has 1 aliphatic heterocycles. The summed E-state index contributed by atoms with van der Waals surface area (Å²) >= 11 is 0. The Balaban J connectivity index is 1.76. The Kier molecular flexibility index (Phi) is 9.30. The number of benzene rings is 1. The van der Waals surface area contributed by atoms with Crippen molar-refractivity contribution in [2.24, 2.45) is 5.92 Å². The first-order valence-corrected chi connectivity index (χ1v) is 13.4. The molecule has 1 saturated heterocycles. The van der Waals surface area contributed by atoms with E-state index < -0.39 is 35.3 Å². The molecule has 0 spiro atoms. The second-order valence-corrected chi connectivity index (χ2v) is 12.1. The monoisotopic (exact) mass is 568 g/mol. The summed E-state index contributed by atoms with van der Waals surface area (Å²) in [5.74, 6) is -0.480. The number of β-lactam (4-membered cyclic amide) rings is 1. The normalized spacial score (nSPS) is 16.7. The summed E-state index contributed by atoms with van der Waals surface area (Å²) in [6, 6.07) is 6.25. The van der Waals surface area contributed by atoms with Gasteiger partial charge in [0.05, 0.1) is 13.0 Å². The average molecular weight is 569 g/mol. The lowest BCUT2D eigenvalue weighted by molar-refractivity contribution is -0.143. The number of aromatic nitrogens is 1. The van der Waals surface area contributed by atoms with Crippen LogP contribution in [0.5, 0.6) is 5.75 Å². The van der Waals surface area contributed by atoms with Crippen molar-refractivity contribution in [1.29, 1.82) is 0 Å². The number of carbonyl (C=O) groups is 4. The predicted molar refractivity (Wildman–Crippen MR) is 153 cm³/mol. The fraction of sp³-hybridized carbons (Fsp3) is 0.500. The number of nitrogens with one attached hydrogen (secondary N) is 2. The number of imide groups is 1. The number of hydrogen-bond acceptors (Lipinski definition) is 8. The highest BCUT2D eigenvalue weighted by Gasteiger charge is 2.44. The Morgan fingerprint density at radius 1 is 0.976 bits per heavy atom. The second kappa shape index (κ2) is 12.2. The van der Waals surface area contributed by atoms with Crippen LogP contribution >= 0.6 is 0 Å². The van der Waals surface area contributed by atoms with Gasteiger partial charge in [-0.1, -0.05) is 0 Å². The van der Waals surface area contributed by atoms with E-state index in [1.807, 2.05) is 26.0 Å². The van der Waals surface area contributed by atoms with Crippen LogP contribution in [0.4, 0.5) is 15.4 Å². The third-order valence-corrected chi connectivity index (χ3v) is 6.31. The Morgan fingerprint density at radius 3 is 2.02 bits per heavy atom. The first-order valence-electron chi connectivity index (χ1n) is 13.4. The lowest BCUT2D eigenvalue weighted by atomic mass is 9.84. The molecule has 2 N–H and O–H groups in total. The number of methoxy groups -OCH3 is 1. The van der Waals surface area contributed by atoms with E-state index in [-0.39, 0.29) is 24.1 Å². The molecule has 11 heteroatoms. The maximum Gasteiger partial charge on any atom is 0.425 e. The van der Waals surface area contributed by atoms with E-state index in [9.17, 15) is 19.2 Å². The van der Waals surface area contributed by atoms with Gasteiger partial charge in [-0.05, 0) is 108 Å². The summed E-state index contributed by atoms with van der Waals surface area (Å²) in [6.07, 6.45) is -0.276. The van der Waals surface area contributed by atoms with Gasteiger partial charge in [0.25, 0.3) is 0 Å². The first kappa shape index (κ1) is 31.4. The summed E-state index contributed by atoms with van der Waals surface area (Å²) in [5.41, 5.74) is 1.81. The maximum absolute atomic E-state index is 13.0. The third-order valence-electron chi connectivity index (χ3n) is 6.31. The highest BCUT2D eigenvalue weighted by molar-refractivity contribution is 6.08. The molecule has 0 bridgehead atoms. The largest absolute Gasteiger partial charge is 0.497 e. The SMILES string of the molecule is COc1cc(C)c(CNC(=O)[C@H]2NC(=O)[C@@H]2Cc2ccnc(N(C(=O)OC(C)(C)C)C(=O)OC(C)(C)C)c2)c(C)c1. The number of anilines is 1. The third kappa shape index (κ3) is 8.18. The van der Waals surface area contributed by atoms with E-state index in [0.29, 0.717) is 12.1 Å². The minimum atomic E-state index is -0.945. The minimum Gasteiger partial charge on any atom is -0.497 e. The predicted octanol–water partition coefficient (Wildman–Crippen LogP) is 4.36. The second-order valence-electron chi connectivity index (χ2n) is 12.1. The summed E-state index contributed by atoms with van der Waals surface area (Å²) < 4.78 is 16.1. The molecular formula is C30H40N4O7. The molecule has 1 aliphatic rings. The van der Waals surface area contributed by atoms with Crippen LogP contribution in [0.2, 0.25) is 0 Å². The van der Waals surface area contributed by atoms with Crippen LogP contribution in [0.3, 0.4) is 0 Å². The smallest absolute Gasteiger partial charge is 0.425 e. The van der Waals surface area contributed by atoms with Crippen molar-refractivity contribution in [3.05, 3.63) is 52.7 Å². The van der Waals surface area contributed by atoms with Gasteiger partial charge in [0.2, 0.25) is 11.8 Å². The van der Waals surface area contributed by atoms with E-state index in [2.05, 4.69) is 15.6 Å². The van der Waals surface area contributed by atoms with Gasteiger partial charge in [-0.15, -0.1) is 0 Å². The van der Waals surface area contributed by atoms with Crippen molar-refractivity contribution in [1.82, 2.24) is 15.6 Å². The zero-order chi connectivity index (χ0) is 30.7. The van der Waals surface area contributed by atoms with E-state index in [1.54, 1.807) is 54.7 Å². The maximum atomic E-state index is 13.0. The number of hydrogen-bond donors (Lipinski definition) is 2. The van der Waals surface area contributed by atoms with Gasteiger partial charge in [0, 0.05) is 12.7 Å². The van der Waals surface area contributed by atoms with Gasteiger partial charge in [-0.3, -0.25) is 9.59 Å². The molecular weight excluding hydrogens is 528 g/mol. The molecule has 4 amide bonds. The summed E-state index contributed by atoms with van der Waals surface area (Å²) in [6.45, 7) is 14.3. The number of ether oxygens (including phenoxy) is 3. The molecule has 2 heterocycles. The molecule has 2 aromatic rings. The molecule has 1 fully saturated rings. The van der Waals surface area contributed by atoms with Crippen molar-refractivity contribution in [3.8, 4) is 5.75 Å². The number of rotatable bonds is 7. The molecule has 11 nitrogen and oxygen atoms in total. The van der Waals surface area contributed by atoms with Crippen molar-refractivity contribution in [3.63, 3.8) is 0 Å². The number of nitrogens with zero attached hydrogens (tertiary/aromatic N) is 2. The molecule has 0 unspecified atom stereocenters. The number of carbonyl (C=O) groups excluding carboxylic acids is 4. The quantitative estimate of drug-likeness (QED) is 0.471. The Hall–Kier alpha value is -4.15. The van der Waals surface area contributed by atoms with Gasteiger partial charge in [-0.25, -0.2) is 14.6 Å². The molecule has 1 aromatic heterocycles. The number of amides is 4. The molecule has 41 heavy (non-hydrogen) atoms. The number of pyridine rings is 1. The van der Waals surface area contributed by atoms with Crippen LogP contribution in [0.15, 0.2) is 30.5 Å². The highest BCUT2D eigenvalue weighted by Crippen LogP contribution is 2.26. The van der Waals surface area contributed by atoms with E-state index in [1.165, 1.54) is 12.3 Å². The van der Waals surface area contributed by atoms with Gasteiger partial charge in [0.1, 0.15) is 28.8 Å².